The van der Waals surface area contributed by atoms with Crippen LogP contribution in [0.2, 0.25) is 0 Å². The average molecular weight is 217 g/mol. The van der Waals surface area contributed by atoms with E-state index >= 15 is 0 Å². The number of nitrogens with two attached hydrogens (primary N) is 1. The van der Waals surface area contributed by atoms with E-state index in [1.807, 2.05) is 12.1 Å². The lowest BCUT2D eigenvalue weighted by molar-refractivity contribution is 0.576. The molecule has 1 unspecified atom stereocenters. The van der Waals surface area contributed by atoms with Crippen LogP contribution >= 0.6 is 0 Å². The van der Waals surface area contributed by atoms with E-state index in [0.717, 1.165) is 30.7 Å². The fourth-order valence-corrected chi connectivity index (χ4v) is 2.02. The summed E-state index contributed by atoms with van der Waals surface area (Å²) in [5.41, 5.74) is 8.35. The van der Waals surface area contributed by atoms with Crippen molar-refractivity contribution in [3.8, 4) is 0 Å². The smallest absolute Gasteiger partial charge is 0.126 e. The largest absolute Gasteiger partial charge is 0.327 e. The third kappa shape index (κ3) is 1.83. The minimum Gasteiger partial charge on any atom is -0.327 e. The number of hydrogen-bond donors (Lipinski definition) is 1. The zero-order chi connectivity index (χ0) is 11.5. The van der Waals surface area contributed by atoms with Crippen LogP contribution in [0.3, 0.4) is 0 Å². The number of aryl methyl sites for hydroxylation is 1. The van der Waals surface area contributed by atoms with Gasteiger partial charge in [-0.2, -0.15) is 0 Å². The number of imidazole rings is 1. The Labute approximate surface area is 96.3 Å². The molecule has 2 N–H and O–H groups in total. The van der Waals surface area contributed by atoms with Crippen LogP contribution in [0.25, 0.3) is 11.0 Å². The van der Waals surface area contributed by atoms with E-state index in [4.69, 9.17) is 5.73 Å². The Morgan fingerprint density at radius 3 is 2.75 bits per heavy atom. The third-order valence-corrected chi connectivity index (χ3v) is 2.90. The van der Waals surface area contributed by atoms with E-state index < -0.39 is 0 Å². The number of para-hydroxylation sites is 2. The molecule has 0 aliphatic rings. The van der Waals surface area contributed by atoms with Crippen molar-refractivity contribution < 1.29 is 0 Å². The van der Waals surface area contributed by atoms with E-state index in [9.17, 15) is 0 Å². The van der Waals surface area contributed by atoms with Gasteiger partial charge in [-0.25, -0.2) is 4.98 Å². The van der Waals surface area contributed by atoms with Gasteiger partial charge in [0.2, 0.25) is 0 Å². The first-order chi connectivity index (χ1) is 7.77. The summed E-state index contributed by atoms with van der Waals surface area (Å²) < 4.78 is 2.25. The van der Waals surface area contributed by atoms with E-state index in [-0.39, 0.29) is 6.04 Å². The van der Waals surface area contributed by atoms with E-state index in [0.29, 0.717) is 0 Å². The summed E-state index contributed by atoms with van der Waals surface area (Å²) in [7, 11) is 0. The Bertz CT molecular complexity index is 473. The average Bonchev–Trinajstić information content (AvgIpc) is 2.68. The topological polar surface area (TPSA) is 43.8 Å². The second kappa shape index (κ2) is 4.66. The van der Waals surface area contributed by atoms with E-state index in [1.165, 1.54) is 5.52 Å². The molecule has 1 atom stereocenters. The van der Waals surface area contributed by atoms with Gasteiger partial charge < -0.3 is 10.3 Å². The zero-order valence-electron chi connectivity index (χ0n) is 9.98. The molecule has 0 spiro atoms. The zero-order valence-corrected chi connectivity index (χ0v) is 9.98. The lowest BCUT2D eigenvalue weighted by Gasteiger charge is -2.12. The van der Waals surface area contributed by atoms with E-state index in [2.05, 4.69) is 35.5 Å². The number of aromatic nitrogens is 2. The normalized spacial score (nSPS) is 13.2. The molecule has 0 aliphatic heterocycles. The SMILES string of the molecule is CCCn1c(C(N)CC)nc2ccccc21. The quantitative estimate of drug-likeness (QED) is 0.855. The molecule has 2 rings (SSSR count). The highest BCUT2D eigenvalue weighted by Crippen LogP contribution is 2.21. The molecule has 86 valence electrons. The number of hydrogen-bond acceptors (Lipinski definition) is 2. The van der Waals surface area contributed by atoms with Gasteiger partial charge in [0.1, 0.15) is 5.82 Å². The maximum absolute atomic E-state index is 6.11. The Kier molecular flexibility index (Phi) is 3.25. The maximum Gasteiger partial charge on any atom is 0.126 e. The van der Waals surface area contributed by atoms with Crippen LogP contribution in [0.5, 0.6) is 0 Å². The van der Waals surface area contributed by atoms with Gasteiger partial charge in [0, 0.05) is 6.54 Å². The number of nitrogens with zero attached hydrogens (tertiary/aromatic N) is 2. The number of fused-ring (bicyclic) bond motifs is 1. The van der Waals surface area contributed by atoms with Gasteiger partial charge in [-0.05, 0) is 25.0 Å². The molecule has 0 aliphatic carbocycles. The van der Waals surface area contributed by atoms with Gasteiger partial charge >= 0.3 is 0 Å². The molecule has 3 nitrogen and oxygen atoms in total. The molecular formula is C13H19N3. The van der Waals surface area contributed by atoms with Gasteiger partial charge in [0.15, 0.2) is 0 Å². The lowest BCUT2D eigenvalue weighted by Crippen LogP contribution is -2.15. The van der Waals surface area contributed by atoms with E-state index in [1.54, 1.807) is 0 Å². The molecule has 0 saturated carbocycles. The van der Waals surface area contributed by atoms with Crippen molar-refractivity contribution in [3.05, 3.63) is 30.1 Å². The Hall–Kier alpha value is -1.35. The molecular weight excluding hydrogens is 198 g/mol. The van der Waals surface area contributed by atoms with Gasteiger partial charge in [-0.1, -0.05) is 26.0 Å². The molecule has 0 saturated heterocycles. The summed E-state index contributed by atoms with van der Waals surface area (Å²) in [4.78, 5) is 4.64. The lowest BCUT2D eigenvalue weighted by atomic mass is 10.2. The standard InChI is InChI=1S/C13H19N3/c1-3-9-16-12-8-6-5-7-11(12)15-13(16)10(14)4-2/h5-8,10H,3-4,9,14H2,1-2H3. The van der Waals surface area contributed by atoms with Crippen LogP contribution in [-0.4, -0.2) is 9.55 Å². The van der Waals surface area contributed by atoms with Crippen LogP contribution < -0.4 is 5.73 Å². The van der Waals surface area contributed by atoms with Gasteiger partial charge in [0.05, 0.1) is 17.1 Å². The van der Waals surface area contributed by atoms with Crippen molar-refractivity contribution in [1.82, 2.24) is 9.55 Å². The highest BCUT2D eigenvalue weighted by atomic mass is 15.1. The summed E-state index contributed by atoms with van der Waals surface area (Å²) >= 11 is 0. The summed E-state index contributed by atoms with van der Waals surface area (Å²) in [6.45, 7) is 5.26. The molecule has 3 heteroatoms. The molecule has 1 aromatic carbocycles. The maximum atomic E-state index is 6.11. The molecule has 0 amide bonds. The van der Waals surface area contributed by atoms with Crippen molar-refractivity contribution in [1.29, 1.82) is 0 Å². The fourth-order valence-electron chi connectivity index (χ4n) is 2.02. The van der Waals surface area contributed by atoms with Crippen LogP contribution in [0, 0.1) is 0 Å². The van der Waals surface area contributed by atoms with Crippen molar-refractivity contribution in [2.24, 2.45) is 5.73 Å². The fraction of sp³-hybridized carbons (Fsp3) is 0.462. The summed E-state index contributed by atoms with van der Waals surface area (Å²) in [6, 6.07) is 8.28. The molecule has 0 fully saturated rings. The van der Waals surface area contributed by atoms with Crippen molar-refractivity contribution in [3.63, 3.8) is 0 Å². The molecule has 0 radical (unpaired) electrons. The molecule has 16 heavy (non-hydrogen) atoms. The number of rotatable bonds is 4. The second-order valence-electron chi connectivity index (χ2n) is 4.13. The van der Waals surface area contributed by atoms with Gasteiger partial charge in [-0.15, -0.1) is 0 Å². The monoisotopic (exact) mass is 217 g/mol. The summed E-state index contributed by atoms with van der Waals surface area (Å²) in [6.07, 6.45) is 2.02. The minimum absolute atomic E-state index is 0.0407. The van der Waals surface area contributed by atoms with Crippen LogP contribution in [-0.2, 0) is 6.54 Å². The van der Waals surface area contributed by atoms with Crippen molar-refractivity contribution >= 4 is 11.0 Å². The van der Waals surface area contributed by atoms with Crippen LogP contribution in [0.15, 0.2) is 24.3 Å². The third-order valence-electron chi connectivity index (χ3n) is 2.90. The van der Waals surface area contributed by atoms with Gasteiger partial charge in [-0.3, -0.25) is 0 Å². The molecule has 1 aromatic heterocycles. The van der Waals surface area contributed by atoms with Crippen molar-refractivity contribution in [2.75, 3.05) is 0 Å². The first kappa shape index (κ1) is 11.1. The minimum atomic E-state index is 0.0407. The Morgan fingerprint density at radius 1 is 1.31 bits per heavy atom. The molecule has 1 heterocycles. The second-order valence-corrected chi connectivity index (χ2v) is 4.13. The Balaban J connectivity index is 2.58. The summed E-state index contributed by atoms with van der Waals surface area (Å²) in [5, 5.41) is 0. The predicted octanol–water partition coefficient (Wildman–Crippen LogP) is 2.86. The van der Waals surface area contributed by atoms with Crippen LogP contribution in [0.1, 0.15) is 38.6 Å². The highest BCUT2D eigenvalue weighted by molar-refractivity contribution is 5.76. The predicted molar refractivity (Wildman–Crippen MR) is 67.2 cm³/mol. The first-order valence-corrected chi connectivity index (χ1v) is 5.98. The molecule has 2 aromatic rings. The number of benzene rings is 1. The van der Waals surface area contributed by atoms with Gasteiger partial charge in [0.25, 0.3) is 0 Å². The Morgan fingerprint density at radius 2 is 2.06 bits per heavy atom. The molecule has 0 bridgehead atoms. The van der Waals surface area contributed by atoms with Crippen molar-refractivity contribution in [2.45, 2.75) is 39.3 Å². The highest BCUT2D eigenvalue weighted by Gasteiger charge is 2.14. The first-order valence-electron chi connectivity index (χ1n) is 5.98. The summed E-state index contributed by atoms with van der Waals surface area (Å²) in [5.74, 6) is 1.02. The van der Waals surface area contributed by atoms with Crippen LogP contribution in [0.4, 0.5) is 0 Å².